The van der Waals surface area contributed by atoms with Gasteiger partial charge in [0.2, 0.25) is 0 Å². The van der Waals surface area contributed by atoms with E-state index < -0.39 is 0 Å². The smallest absolute Gasteiger partial charge is 0.146 e. The molecule has 0 bridgehead atoms. The molecule has 2 aromatic heterocycles. The van der Waals surface area contributed by atoms with Gasteiger partial charge in [0.05, 0.1) is 6.26 Å². The lowest BCUT2D eigenvalue weighted by Crippen LogP contribution is -2.19. The van der Waals surface area contributed by atoms with E-state index in [2.05, 4.69) is 50.4 Å². The van der Waals surface area contributed by atoms with Gasteiger partial charge in [-0.2, -0.15) is 0 Å². The van der Waals surface area contributed by atoms with Crippen molar-refractivity contribution in [1.82, 2.24) is 9.97 Å². The summed E-state index contributed by atoms with van der Waals surface area (Å²) < 4.78 is 6.21. The molecule has 0 amide bonds. The van der Waals surface area contributed by atoms with Crippen LogP contribution >= 0.6 is 15.9 Å². The van der Waals surface area contributed by atoms with Gasteiger partial charge in [0.15, 0.2) is 0 Å². The summed E-state index contributed by atoms with van der Waals surface area (Å²) in [7, 11) is 0. The molecule has 0 aromatic carbocycles. The summed E-state index contributed by atoms with van der Waals surface area (Å²) in [6.45, 7) is 5.10. The van der Waals surface area contributed by atoms with E-state index in [4.69, 9.17) is 4.42 Å². The molecule has 0 aliphatic carbocycles. The highest BCUT2D eigenvalue weighted by Gasteiger charge is 2.12. The molecule has 0 spiro atoms. The van der Waals surface area contributed by atoms with Gasteiger partial charge in [-0.25, -0.2) is 9.97 Å². The Hall–Kier alpha value is -1.56. The van der Waals surface area contributed by atoms with E-state index in [-0.39, 0.29) is 6.04 Å². The van der Waals surface area contributed by atoms with Crippen molar-refractivity contribution in [2.24, 2.45) is 0 Å². The number of furan rings is 1. The molecule has 1 unspecified atom stereocenters. The first-order chi connectivity index (χ1) is 9.70. The fraction of sp³-hybridized carbons (Fsp3) is 0.429. The lowest BCUT2D eigenvalue weighted by Gasteiger charge is -2.16. The third kappa shape index (κ3) is 3.96. The van der Waals surface area contributed by atoms with Crippen LogP contribution in [0, 0.1) is 0 Å². The molecular weight excluding hydrogens is 320 g/mol. The standard InChI is InChI=1S/C14H19BrN4O/c1-3-6-16-13-12(15)14(18-9-17-13)19-10(2)8-11-5-4-7-20-11/h4-5,7,9-10H,3,6,8H2,1-2H3,(H2,16,17,18,19). The van der Waals surface area contributed by atoms with E-state index in [0.29, 0.717) is 0 Å². The van der Waals surface area contributed by atoms with Crippen LogP contribution < -0.4 is 10.6 Å². The van der Waals surface area contributed by atoms with Crippen LogP contribution in [0.15, 0.2) is 33.6 Å². The average molecular weight is 339 g/mol. The van der Waals surface area contributed by atoms with Gasteiger partial charge in [0, 0.05) is 19.0 Å². The molecule has 2 N–H and O–H groups in total. The van der Waals surface area contributed by atoms with E-state index >= 15 is 0 Å². The Morgan fingerprint density at radius 1 is 1.35 bits per heavy atom. The number of rotatable bonds is 7. The Morgan fingerprint density at radius 2 is 2.15 bits per heavy atom. The second-order valence-electron chi connectivity index (χ2n) is 4.64. The Bertz CT molecular complexity index is 530. The van der Waals surface area contributed by atoms with Crippen molar-refractivity contribution >= 4 is 27.6 Å². The lowest BCUT2D eigenvalue weighted by atomic mass is 10.2. The molecule has 6 heteroatoms. The maximum atomic E-state index is 5.35. The summed E-state index contributed by atoms with van der Waals surface area (Å²) >= 11 is 3.54. The maximum Gasteiger partial charge on any atom is 0.146 e. The summed E-state index contributed by atoms with van der Waals surface area (Å²) in [5, 5.41) is 6.63. The molecule has 2 heterocycles. The minimum atomic E-state index is 0.214. The molecule has 20 heavy (non-hydrogen) atoms. The fourth-order valence-corrected chi connectivity index (χ4v) is 2.31. The van der Waals surface area contributed by atoms with Crippen LogP contribution in [-0.2, 0) is 6.42 Å². The highest BCUT2D eigenvalue weighted by atomic mass is 79.9. The van der Waals surface area contributed by atoms with E-state index in [1.54, 1.807) is 12.6 Å². The minimum Gasteiger partial charge on any atom is -0.469 e. The molecule has 1 atom stereocenters. The third-order valence-electron chi connectivity index (χ3n) is 2.80. The van der Waals surface area contributed by atoms with E-state index in [9.17, 15) is 0 Å². The Balaban J connectivity index is 2.01. The number of nitrogens with one attached hydrogen (secondary N) is 2. The van der Waals surface area contributed by atoms with Gasteiger partial charge in [-0.05, 0) is 41.4 Å². The van der Waals surface area contributed by atoms with Crippen molar-refractivity contribution < 1.29 is 4.42 Å². The van der Waals surface area contributed by atoms with Gasteiger partial charge in [-0.3, -0.25) is 0 Å². The number of hydrogen-bond donors (Lipinski definition) is 2. The molecule has 5 nitrogen and oxygen atoms in total. The summed E-state index contributed by atoms with van der Waals surface area (Å²) in [5.41, 5.74) is 0. The summed E-state index contributed by atoms with van der Waals surface area (Å²) in [6, 6.07) is 4.09. The van der Waals surface area contributed by atoms with E-state index in [1.165, 1.54) is 0 Å². The van der Waals surface area contributed by atoms with Crippen molar-refractivity contribution in [1.29, 1.82) is 0 Å². The summed E-state index contributed by atoms with van der Waals surface area (Å²) in [4.78, 5) is 8.51. The first-order valence-corrected chi connectivity index (χ1v) is 7.53. The maximum absolute atomic E-state index is 5.35. The van der Waals surface area contributed by atoms with Gasteiger partial charge in [-0.1, -0.05) is 6.92 Å². The summed E-state index contributed by atoms with van der Waals surface area (Å²) in [5.74, 6) is 2.56. The van der Waals surface area contributed by atoms with Gasteiger partial charge >= 0.3 is 0 Å². The second kappa shape index (κ2) is 7.28. The number of halogens is 1. The predicted octanol–water partition coefficient (Wildman–Crippen LogP) is 3.70. The van der Waals surface area contributed by atoms with Crippen molar-refractivity contribution in [3.63, 3.8) is 0 Å². The topological polar surface area (TPSA) is 63.0 Å². The zero-order chi connectivity index (χ0) is 14.4. The average Bonchev–Trinajstić information content (AvgIpc) is 2.92. The minimum absolute atomic E-state index is 0.214. The molecule has 0 aliphatic rings. The molecule has 0 radical (unpaired) electrons. The highest BCUT2D eigenvalue weighted by molar-refractivity contribution is 9.10. The van der Waals surface area contributed by atoms with Crippen LogP contribution in [0.2, 0.25) is 0 Å². The number of hydrogen-bond acceptors (Lipinski definition) is 5. The first kappa shape index (κ1) is 14.8. The molecular formula is C14H19BrN4O. The van der Waals surface area contributed by atoms with Crippen molar-refractivity contribution in [3.05, 3.63) is 35.0 Å². The lowest BCUT2D eigenvalue weighted by molar-refractivity contribution is 0.497. The largest absolute Gasteiger partial charge is 0.469 e. The fourth-order valence-electron chi connectivity index (χ4n) is 1.85. The first-order valence-electron chi connectivity index (χ1n) is 6.74. The SMILES string of the molecule is CCCNc1ncnc(NC(C)Cc2ccco2)c1Br. The van der Waals surface area contributed by atoms with E-state index in [0.717, 1.165) is 41.3 Å². The van der Waals surface area contributed by atoms with Gasteiger partial charge in [0.1, 0.15) is 28.2 Å². The molecule has 0 saturated heterocycles. The van der Waals surface area contributed by atoms with Crippen molar-refractivity contribution in [3.8, 4) is 0 Å². The quantitative estimate of drug-likeness (QED) is 0.805. The van der Waals surface area contributed by atoms with Gasteiger partial charge in [-0.15, -0.1) is 0 Å². The zero-order valence-corrected chi connectivity index (χ0v) is 13.3. The molecule has 0 fully saturated rings. The van der Waals surface area contributed by atoms with Crippen LogP contribution in [0.4, 0.5) is 11.6 Å². The molecule has 2 rings (SSSR count). The summed E-state index contributed by atoms with van der Waals surface area (Å²) in [6.07, 6.45) is 5.11. The second-order valence-corrected chi connectivity index (χ2v) is 5.43. The normalized spacial score (nSPS) is 12.2. The molecule has 0 saturated carbocycles. The highest BCUT2D eigenvalue weighted by Crippen LogP contribution is 2.27. The monoisotopic (exact) mass is 338 g/mol. The van der Waals surface area contributed by atoms with Gasteiger partial charge < -0.3 is 15.1 Å². The zero-order valence-electron chi connectivity index (χ0n) is 11.7. The van der Waals surface area contributed by atoms with E-state index in [1.807, 2.05) is 12.1 Å². The Morgan fingerprint density at radius 3 is 2.85 bits per heavy atom. The Labute approximate surface area is 127 Å². The van der Waals surface area contributed by atoms with Gasteiger partial charge in [0.25, 0.3) is 0 Å². The molecule has 2 aromatic rings. The predicted molar refractivity (Wildman–Crippen MR) is 84.0 cm³/mol. The third-order valence-corrected chi connectivity index (χ3v) is 3.55. The van der Waals surface area contributed by atoms with Crippen molar-refractivity contribution in [2.75, 3.05) is 17.2 Å². The number of anilines is 2. The molecule has 0 aliphatic heterocycles. The number of aromatic nitrogens is 2. The van der Waals surface area contributed by atoms with Crippen LogP contribution in [0.25, 0.3) is 0 Å². The molecule has 108 valence electrons. The van der Waals surface area contributed by atoms with Crippen molar-refractivity contribution in [2.45, 2.75) is 32.7 Å². The number of nitrogens with zero attached hydrogens (tertiary/aromatic N) is 2. The van der Waals surface area contributed by atoms with Crippen LogP contribution in [-0.4, -0.2) is 22.6 Å². The van der Waals surface area contributed by atoms with Crippen LogP contribution in [0.3, 0.4) is 0 Å². The van der Waals surface area contributed by atoms with Crippen LogP contribution in [0.1, 0.15) is 26.0 Å². The van der Waals surface area contributed by atoms with Crippen LogP contribution in [0.5, 0.6) is 0 Å². The Kier molecular flexibility index (Phi) is 5.40.